The Kier molecular flexibility index (Phi) is 4.92. The van der Waals surface area contributed by atoms with E-state index in [2.05, 4.69) is 31.2 Å². The first-order chi connectivity index (χ1) is 10.8. The summed E-state index contributed by atoms with van der Waals surface area (Å²) in [6, 6.07) is 16.5. The summed E-state index contributed by atoms with van der Waals surface area (Å²) in [4.78, 5) is 0. The lowest BCUT2D eigenvalue weighted by Gasteiger charge is -2.29. The van der Waals surface area contributed by atoms with Crippen LogP contribution in [0.15, 0.2) is 48.5 Å². The van der Waals surface area contributed by atoms with E-state index in [0.29, 0.717) is 11.8 Å². The van der Waals surface area contributed by atoms with Crippen molar-refractivity contribution in [3.05, 3.63) is 71.0 Å². The predicted molar refractivity (Wildman–Crippen MR) is 90.8 cm³/mol. The second kappa shape index (κ2) is 7.09. The Labute approximate surface area is 133 Å². The lowest BCUT2D eigenvalue weighted by atomic mass is 9.76. The van der Waals surface area contributed by atoms with Crippen LogP contribution in [-0.4, -0.2) is 0 Å². The highest BCUT2D eigenvalue weighted by molar-refractivity contribution is 5.27. The topological polar surface area (TPSA) is 0 Å². The maximum atomic E-state index is 13.9. The number of rotatable bonds is 4. The van der Waals surface area contributed by atoms with Crippen LogP contribution in [0.4, 0.5) is 4.39 Å². The minimum absolute atomic E-state index is 0.0325. The molecule has 0 N–H and O–H groups in total. The van der Waals surface area contributed by atoms with Gasteiger partial charge in [0.1, 0.15) is 5.82 Å². The van der Waals surface area contributed by atoms with Crippen LogP contribution in [0.25, 0.3) is 0 Å². The Hall–Kier alpha value is -1.63. The van der Waals surface area contributed by atoms with Crippen LogP contribution in [0.2, 0.25) is 0 Å². The van der Waals surface area contributed by atoms with E-state index in [4.69, 9.17) is 0 Å². The van der Waals surface area contributed by atoms with Crippen LogP contribution < -0.4 is 0 Å². The molecular formula is C21H25F. The molecule has 0 aromatic heterocycles. The van der Waals surface area contributed by atoms with Gasteiger partial charge < -0.3 is 0 Å². The number of halogens is 1. The number of aryl methyl sites for hydroxylation is 1. The fourth-order valence-electron chi connectivity index (χ4n) is 3.79. The Bertz CT molecular complexity index is 592. The highest BCUT2D eigenvalue weighted by Crippen LogP contribution is 2.41. The summed E-state index contributed by atoms with van der Waals surface area (Å²) in [5.74, 6) is 1.02. The second-order valence-electron chi connectivity index (χ2n) is 6.56. The summed E-state index contributed by atoms with van der Waals surface area (Å²) in [6.45, 7) is 2.22. The molecule has 1 aliphatic rings. The second-order valence-corrected chi connectivity index (χ2v) is 6.56. The fourth-order valence-corrected chi connectivity index (χ4v) is 3.79. The van der Waals surface area contributed by atoms with Gasteiger partial charge in [-0.25, -0.2) is 4.39 Å². The molecule has 0 bridgehead atoms. The van der Waals surface area contributed by atoms with Gasteiger partial charge in [-0.05, 0) is 66.7 Å². The molecule has 0 aliphatic heterocycles. The minimum atomic E-state index is -0.0325. The SMILES string of the molecule is CCCc1ccc(C2CCC(c3ccccc3F)CC2)cc1. The van der Waals surface area contributed by atoms with Crippen LogP contribution in [0.5, 0.6) is 0 Å². The Morgan fingerprint density at radius 1 is 0.864 bits per heavy atom. The molecule has 0 atom stereocenters. The van der Waals surface area contributed by atoms with Crippen molar-refractivity contribution < 1.29 is 4.39 Å². The van der Waals surface area contributed by atoms with E-state index in [-0.39, 0.29) is 5.82 Å². The highest BCUT2D eigenvalue weighted by Gasteiger charge is 2.24. The van der Waals surface area contributed by atoms with Crippen molar-refractivity contribution in [3.8, 4) is 0 Å². The first-order valence-corrected chi connectivity index (χ1v) is 8.61. The van der Waals surface area contributed by atoms with E-state index in [9.17, 15) is 4.39 Å². The molecule has 1 heteroatoms. The molecule has 22 heavy (non-hydrogen) atoms. The molecule has 3 rings (SSSR count). The van der Waals surface area contributed by atoms with Crippen LogP contribution in [0, 0.1) is 5.82 Å². The van der Waals surface area contributed by atoms with E-state index < -0.39 is 0 Å². The summed E-state index contributed by atoms with van der Waals surface area (Å²) in [5, 5.41) is 0. The molecule has 0 nitrogen and oxygen atoms in total. The summed E-state index contributed by atoms with van der Waals surface area (Å²) in [5.41, 5.74) is 3.82. The molecule has 0 amide bonds. The maximum absolute atomic E-state index is 13.9. The summed E-state index contributed by atoms with van der Waals surface area (Å²) in [7, 11) is 0. The van der Waals surface area contributed by atoms with E-state index >= 15 is 0 Å². The lowest BCUT2D eigenvalue weighted by Crippen LogP contribution is -2.13. The van der Waals surface area contributed by atoms with Crippen LogP contribution in [0.1, 0.15) is 67.6 Å². The van der Waals surface area contributed by atoms with E-state index in [0.717, 1.165) is 18.4 Å². The summed E-state index contributed by atoms with van der Waals surface area (Å²) < 4.78 is 13.9. The Morgan fingerprint density at radius 2 is 1.50 bits per heavy atom. The Balaban J connectivity index is 1.63. The average Bonchev–Trinajstić information content (AvgIpc) is 2.57. The molecule has 2 aromatic carbocycles. The standard InChI is InChI=1S/C21H25F/c1-2-5-16-8-10-17(11-9-16)18-12-14-19(15-13-18)20-6-3-4-7-21(20)22/h3-4,6-11,18-19H,2,5,12-15H2,1H3. The largest absolute Gasteiger partial charge is 0.207 e. The van der Waals surface area contributed by atoms with E-state index in [1.807, 2.05) is 12.1 Å². The smallest absolute Gasteiger partial charge is 0.126 e. The summed E-state index contributed by atoms with van der Waals surface area (Å²) >= 11 is 0. The van der Waals surface area contributed by atoms with Gasteiger partial charge in [0.05, 0.1) is 0 Å². The molecule has 0 radical (unpaired) electrons. The average molecular weight is 296 g/mol. The zero-order chi connectivity index (χ0) is 15.4. The zero-order valence-electron chi connectivity index (χ0n) is 13.4. The minimum Gasteiger partial charge on any atom is -0.207 e. The zero-order valence-corrected chi connectivity index (χ0v) is 13.4. The van der Waals surface area contributed by atoms with Gasteiger partial charge in [0, 0.05) is 0 Å². The first kappa shape index (κ1) is 15.3. The molecule has 2 aromatic rings. The molecule has 0 unspecified atom stereocenters. The third-order valence-corrected chi connectivity index (χ3v) is 5.06. The fraction of sp³-hybridized carbons (Fsp3) is 0.429. The molecule has 1 aliphatic carbocycles. The van der Waals surface area contributed by atoms with Crippen molar-refractivity contribution in [2.75, 3.05) is 0 Å². The number of benzene rings is 2. The van der Waals surface area contributed by atoms with Gasteiger partial charge in [-0.1, -0.05) is 55.8 Å². The van der Waals surface area contributed by atoms with E-state index in [1.165, 1.54) is 36.8 Å². The van der Waals surface area contributed by atoms with Gasteiger partial charge in [-0.15, -0.1) is 0 Å². The number of hydrogen-bond acceptors (Lipinski definition) is 0. The van der Waals surface area contributed by atoms with Crippen LogP contribution >= 0.6 is 0 Å². The van der Waals surface area contributed by atoms with Gasteiger partial charge in [0.25, 0.3) is 0 Å². The Morgan fingerprint density at radius 3 is 2.14 bits per heavy atom. The summed E-state index contributed by atoms with van der Waals surface area (Å²) in [6.07, 6.45) is 6.91. The van der Waals surface area contributed by atoms with Crippen molar-refractivity contribution in [1.82, 2.24) is 0 Å². The molecule has 0 heterocycles. The van der Waals surface area contributed by atoms with Gasteiger partial charge in [-0.2, -0.15) is 0 Å². The molecule has 0 spiro atoms. The lowest BCUT2D eigenvalue weighted by molar-refractivity contribution is 0.387. The van der Waals surface area contributed by atoms with Gasteiger partial charge in [0.2, 0.25) is 0 Å². The van der Waals surface area contributed by atoms with Gasteiger partial charge in [0.15, 0.2) is 0 Å². The van der Waals surface area contributed by atoms with Crippen molar-refractivity contribution in [2.45, 2.75) is 57.3 Å². The van der Waals surface area contributed by atoms with Crippen molar-refractivity contribution in [1.29, 1.82) is 0 Å². The monoisotopic (exact) mass is 296 g/mol. The van der Waals surface area contributed by atoms with Crippen molar-refractivity contribution in [2.24, 2.45) is 0 Å². The van der Waals surface area contributed by atoms with Gasteiger partial charge in [-0.3, -0.25) is 0 Å². The van der Waals surface area contributed by atoms with Crippen molar-refractivity contribution in [3.63, 3.8) is 0 Å². The third kappa shape index (κ3) is 3.40. The highest BCUT2D eigenvalue weighted by atomic mass is 19.1. The first-order valence-electron chi connectivity index (χ1n) is 8.61. The maximum Gasteiger partial charge on any atom is 0.126 e. The quantitative estimate of drug-likeness (QED) is 0.628. The van der Waals surface area contributed by atoms with Crippen molar-refractivity contribution >= 4 is 0 Å². The molecular weight excluding hydrogens is 271 g/mol. The molecule has 116 valence electrons. The molecule has 1 fully saturated rings. The van der Waals surface area contributed by atoms with Crippen LogP contribution in [0.3, 0.4) is 0 Å². The predicted octanol–water partition coefficient (Wildman–Crippen LogP) is 6.22. The van der Waals surface area contributed by atoms with E-state index in [1.54, 1.807) is 12.1 Å². The molecule has 1 saturated carbocycles. The van der Waals surface area contributed by atoms with Gasteiger partial charge >= 0.3 is 0 Å². The normalized spacial score (nSPS) is 21.7. The van der Waals surface area contributed by atoms with Crippen LogP contribution in [-0.2, 0) is 6.42 Å². The number of hydrogen-bond donors (Lipinski definition) is 0. The molecule has 0 saturated heterocycles. The third-order valence-electron chi connectivity index (χ3n) is 5.06.